The minimum atomic E-state index is -0.0960. The molecule has 0 atom stereocenters. The number of hydrogen-bond acceptors (Lipinski definition) is 5. The molecule has 1 aromatic heterocycles. The Kier molecular flexibility index (Phi) is 5.11. The Morgan fingerprint density at radius 1 is 1.12 bits per heavy atom. The fourth-order valence-electron chi connectivity index (χ4n) is 2.43. The van der Waals surface area contributed by atoms with E-state index >= 15 is 0 Å². The predicted octanol–water partition coefficient (Wildman–Crippen LogP) is 3.24. The molecule has 2 aromatic carbocycles. The summed E-state index contributed by atoms with van der Waals surface area (Å²) in [6, 6.07) is 17.0. The van der Waals surface area contributed by atoms with E-state index in [4.69, 9.17) is 10.6 Å². The maximum absolute atomic E-state index is 12.0. The van der Waals surface area contributed by atoms with Crippen molar-refractivity contribution in [1.29, 1.82) is 0 Å². The number of aromatic nitrogens is 1. The largest absolute Gasteiger partial charge is 0.491 e. The van der Waals surface area contributed by atoms with Crippen molar-refractivity contribution in [1.82, 2.24) is 4.98 Å². The second kappa shape index (κ2) is 7.63. The summed E-state index contributed by atoms with van der Waals surface area (Å²) in [5, 5.41) is 3.79. The molecule has 0 radical (unpaired) electrons. The highest BCUT2D eigenvalue weighted by Gasteiger charge is 2.07. The van der Waals surface area contributed by atoms with Crippen LogP contribution in [0.1, 0.15) is 12.0 Å². The van der Waals surface area contributed by atoms with Crippen LogP contribution in [0.5, 0.6) is 5.75 Å². The van der Waals surface area contributed by atoms with Crippen molar-refractivity contribution >= 4 is 28.3 Å². The number of nitrogens with zero attached hydrogens (tertiary/aromatic N) is 1. The average Bonchev–Trinajstić information content (AvgIpc) is 2.63. The molecule has 3 rings (SSSR count). The molecule has 0 spiro atoms. The summed E-state index contributed by atoms with van der Waals surface area (Å²) in [6.07, 6.45) is 0.249. The molecule has 0 saturated carbocycles. The molecule has 0 saturated heterocycles. The molecule has 0 unspecified atom stereocenters. The lowest BCUT2D eigenvalue weighted by molar-refractivity contribution is -0.116. The number of hydrazine groups is 1. The van der Waals surface area contributed by atoms with Gasteiger partial charge in [-0.15, -0.1) is 0 Å². The summed E-state index contributed by atoms with van der Waals surface area (Å²) in [5.74, 6) is 6.49. The number of nitrogens with one attached hydrogen (secondary N) is 2. The number of nitrogen functional groups attached to an aromatic ring is 1. The third-order valence-corrected chi connectivity index (χ3v) is 3.75. The monoisotopic (exact) mass is 336 g/mol. The minimum absolute atomic E-state index is 0.0960. The van der Waals surface area contributed by atoms with Crippen LogP contribution in [0.15, 0.2) is 54.6 Å². The fraction of sp³-hybridized carbons (Fsp3) is 0.158. The van der Waals surface area contributed by atoms with Gasteiger partial charge in [0.15, 0.2) is 0 Å². The van der Waals surface area contributed by atoms with Crippen LogP contribution in [0, 0.1) is 6.92 Å². The molecular formula is C19H20N4O2. The summed E-state index contributed by atoms with van der Waals surface area (Å²) in [4.78, 5) is 16.4. The summed E-state index contributed by atoms with van der Waals surface area (Å²) in [6.45, 7) is 2.27. The molecule has 128 valence electrons. The lowest BCUT2D eigenvalue weighted by Gasteiger charge is -2.10. The van der Waals surface area contributed by atoms with Crippen LogP contribution in [0.2, 0.25) is 0 Å². The van der Waals surface area contributed by atoms with Crippen LogP contribution in [-0.2, 0) is 4.79 Å². The lowest BCUT2D eigenvalue weighted by atomic mass is 10.2. The number of benzene rings is 2. The number of carbonyl (C=O) groups excluding carboxylic acids is 1. The third-order valence-electron chi connectivity index (χ3n) is 3.75. The van der Waals surface area contributed by atoms with E-state index in [2.05, 4.69) is 15.7 Å². The molecule has 4 N–H and O–H groups in total. The second-order valence-corrected chi connectivity index (χ2v) is 5.68. The quantitative estimate of drug-likeness (QED) is 0.475. The van der Waals surface area contributed by atoms with E-state index in [9.17, 15) is 4.79 Å². The van der Waals surface area contributed by atoms with Gasteiger partial charge in [0.2, 0.25) is 5.91 Å². The van der Waals surface area contributed by atoms with Crippen molar-refractivity contribution in [2.75, 3.05) is 17.3 Å². The summed E-state index contributed by atoms with van der Waals surface area (Å²) < 4.78 is 5.75. The summed E-state index contributed by atoms with van der Waals surface area (Å²) in [5.41, 5.74) is 5.15. The van der Waals surface area contributed by atoms with Gasteiger partial charge in [0.05, 0.1) is 13.0 Å². The Balaban J connectivity index is 1.61. The van der Waals surface area contributed by atoms with Gasteiger partial charge >= 0.3 is 0 Å². The van der Waals surface area contributed by atoms with E-state index in [1.165, 1.54) is 0 Å². The van der Waals surface area contributed by atoms with Crippen molar-refractivity contribution in [3.05, 3.63) is 60.2 Å². The van der Waals surface area contributed by atoms with Gasteiger partial charge in [0.25, 0.3) is 0 Å². The van der Waals surface area contributed by atoms with Gasteiger partial charge in [-0.1, -0.05) is 29.8 Å². The molecule has 1 amide bonds. The lowest BCUT2D eigenvalue weighted by Crippen LogP contribution is -2.15. The van der Waals surface area contributed by atoms with Crippen molar-refractivity contribution in [2.45, 2.75) is 13.3 Å². The van der Waals surface area contributed by atoms with E-state index < -0.39 is 0 Å². The molecule has 0 aliphatic rings. The smallest absolute Gasteiger partial charge is 0.227 e. The van der Waals surface area contributed by atoms with E-state index in [-0.39, 0.29) is 18.9 Å². The molecule has 0 aliphatic heterocycles. The number of anilines is 2. The molecule has 0 aliphatic carbocycles. The number of nitrogens with two attached hydrogens (primary N) is 1. The maximum atomic E-state index is 12.0. The molecule has 0 bridgehead atoms. The van der Waals surface area contributed by atoms with Crippen LogP contribution < -0.4 is 21.3 Å². The zero-order valence-electron chi connectivity index (χ0n) is 14.0. The first kappa shape index (κ1) is 16.7. The number of amides is 1. The minimum Gasteiger partial charge on any atom is -0.491 e. The topological polar surface area (TPSA) is 89.3 Å². The molecule has 3 aromatic rings. The zero-order valence-corrected chi connectivity index (χ0v) is 14.0. The highest BCUT2D eigenvalue weighted by Crippen LogP contribution is 2.25. The Morgan fingerprint density at radius 2 is 1.92 bits per heavy atom. The number of hydrogen-bond donors (Lipinski definition) is 3. The van der Waals surface area contributed by atoms with Gasteiger partial charge in [-0.3, -0.25) is 4.79 Å². The SMILES string of the molecule is Cc1ccc(NC(=O)CCOc2cccc3ccc(NN)nc23)cc1. The van der Waals surface area contributed by atoms with Crippen LogP contribution in [-0.4, -0.2) is 17.5 Å². The van der Waals surface area contributed by atoms with E-state index in [0.29, 0.717) is 17.1 Å². The fourth-order valence-corrected chi connectivity index (χ4v) is 2.43. The number of pyridine rings is 1. The first-order chi connectivity index (χ1) is 12.2. The Hall–Kier alpha value is -3.12. The van der Waals surface area contributed by atoms with Crippen molar-refractivity contribution < 1.29 is 9.53 Å². The van der Waals surface area contributed by atoms with Crippen LogP contribution >= 0.6 is 0 Å². The highest BCUT2D eigenvalue weighted by atomic mass is 16.5. The predicted molar refractivity (Wildman–Crippen MR) is 99.5 cm³/mol. The first-order valence-electron chi connectivity index (χ1n) is 8.01. The molecule has 6 nitrogen and oxygen atoms in total. The second-order valence-electron chi connectivity index (χ2n) is 5.68. The number of ether oxygens (including phenoxy) is 1. The van der Waals surface area contributed by atoms with E-state index in [0.717, 1.165) is 16.6 Å². The Labute approximate surface area is 146 Å². The summed E-state index contributed by atoms with van der Waals surface area (Å²) >= 11 is 0. The van der Waals surface area contributed by atoms with Crippen LogP contribution in [0.4, 0.5) is 11.5 Å². The van der Waals surface area contributed by atoms with Gasteiger partial charge in [0, 0.05) is 11.1 Å². The third kappa shape index (κ3) is 4.24. The van der Waals surface area contributed by atoms with Crippen LogP contribution in [0.25, 0.3) is 10.9 Å². The zero-order chi connectivity index (χ0) is 17.6. The maximum Gasteiger partial charge on any atom is 0.227 e. The van der Waals surface area contributed by atoms with E-state index in [1.807, 2.05) is 55.5 Å². The number of carbonyl (C=O) groups is 1. The Bertz CT molecular complexity index is 878. The highest BCUT2D eigenvalue weighted by molar-refractivity contribution is 5.91. The van der Waals surface area contributed by atoms with E-state index in [1.54, 1.807) is 6.07 Å². The van der Waals surface area contributed by atoms with Gasteiger partial charge in [-0.05, 0) is 37.3 Å². The first-order valence-corrected chi connectivity index (χ1v) is 8.01. The molecule has 0 fully saturated rings. The van der Waals surface area contributed by atoms with Crippen molar-refractivity contribution in [3.8, 4) is 5.75 Å². The van der Waals surface area contributed by atoms with Gasteiger partial charge in [-0.2, -0.15) is 0 Å². The van der Waals surface area contributed by atoms with Gasteiger partial charge in [0.1, 0.15) is 17.1 Å². The number of rotatable bonds is 6. The normalized spacial score (nSPS) is 10.5. The molecular weight excluding hydrogens is 316 g/mol. The van der Waals surface area contributed by atoms with Crippen molar-refractivity contribution in [3.63, 3.8) is 0 Å². The number of aryl methyl sites for hydroxylation is 1. The number of para-hydroxylation sites is 1. The van der Waals surface area contributed by atoms with Gasteiger partial charge in [-0.25, -0.2) is 10.8 Å². The summed E-state index contributed by atoms with van der Waals surface area (Å²) in [7, 11) is 0. The molecule has 25 heavy (non-hydrogen) atoms. The van der Waals surface area contributed by atoms with Crippen molar-refractivity contribution in [2.24, 2.45) is 5.84 Å². The molecule has 6 heteroatoms. The number of fused-ring (bicyclic) bond motifs is 1. The van der Waals surface area contributed by atoms with Gasteiger partial charge < -0.3 is 15.5 Å². The average molecular weight is 336 g/mol. The Morgan fingerprint density at radius 3 is 2.68 bits per heavy atom. The standard InChI is InChI=1S/C19H20N4O2/c1-13-5-8-15(9-6-13)21-18(24)11-12-25-16-4-2-3-14-7-10-17(23-20)22-19(14)16/h2-10H,11-12,20H2,1H3,(H,21,24)(H,22,23). The van der Waals surface area contributed by atoms with Crippen LogP contribution in [0.3, 0.4) is 0 Å². The molecule has 1 heterocycles.